The number of imide groups is 1. The Bertz CT molecular complexity index is 972. The number of benzene rings is 3. The van der Waals surface area contributed by atoms with Gasteiger partial charge < -0.3 is 10.1 Å². The van der Waals surface area contributed by atoms with Gasteiger partial charge in [0.05, 0.1) is 6.61 Å². The third-order valence-corrected chi connectivity index (χ3v) is 4.03. The van der Waals surface area contributed by atoms with Gasteiger partial charge in [0.15, 0.2) is 0 Å². The van der Waals surface area contributed by atoms with E-state index in [0.29, 0.717) is 18.0 Å². The molecule has 0 spiro atoms. The summed E-state index contributed by atoms with van der Waals surface area (Å²) < 4.78 is 32.8. The van der Waals surface area contributed by atoms with E-state index >= 15 is 0 Å². The summed E-state index contributed by atoms with van der Waals surface area (Å²) in [5.41, 5.74) is 0.739. The van der Waals surface area contributed by atoms with Crippen molar-refractivity contribution in [2.45, 2.75) is 6.42 Å². The van der Waals surface area contributed by atoms with Crippen LogP contribution in [0, 0.1) is 11.6 Å². The largest absolute Gasteiger partial charge is 0.493 e. The van der Waals surface area contributed by atoms with Gasteiger partial charge in [0, 0.05) is 12.1 Å². The number of carbonyl (C=O) groups excluding carboxylic acids is 2. The lowest BCUT2D eigenvalue weighted by Crippen LogP contribution is -2.35. The highest BCUT2D eigenvalue weighted by Crippen LogP contribution is 2.16. The summed E-state index contributed by atoms with van der Waals surface area (Å²) >= 11 is 0. The fourth-order valence-electron chi connectivity index (χ4n) is 2.61. The van der Waals surface area contributed by atoms with Crippen molar-refractivity contribution < 1.29 is 23.1 Å². The molecular formula is C22H18F2N2O3. The van der Waals surface area contributed by atoms with Crippen LogP contribution in [0.2, 0.25) is 0 Å². The minimum atomic E-state index is -1.17. The van der Waals surface area contributed by atoms with E-state index in [2.05, 4.69) is 5.32 Å². The quantitative estimate of drug-likeness (QED) is 0.642. The molecule has 2 N–H and O–H groups in total. The molecule has 0 aliphatic heterocycles. The first kappa shape index (κ1) is 20.0. The molecule has 3 rings (SSSR count). The highest BCUT2D eigenvalue weighted by Gasteiger charge is 2.19. The van der Waals surface area contributed by atoms with Crippen LogP contribution in [-0.2, 0) is 6.42 Å². The molecule has 5 nitrogen and oxygen atoms in total. The number of anilines is 1. The monoisotopic (exact) mass is 396 g/mol. The van der Waals surface area contributed by atoms with Crippen LogP contribution >= 0.6 is 0 Å². The van der Waals surface area contributed by atoms with Gasteiger partial charge in [-0.1, -0.05) is 36.4 Å². The molecule has 3 aromatic rings. The molecule has 7 heteroatoms. The molecule has 0 radical (unpaired) electrons. The molecule has 0 fully saturated rings. The van der Waals surface area contributed by atoms with E-state index in [1.807, 2.05) is 35.6 Å². The molecule has 0 bridgehead atoms. The second kappa shape index (κ2) is 9.45. The lowest BCUT2D eigenvalue weighted by Gasteiger charge is -2.09. The molecule has 0 aromatic heterocycles. The number of ether oxygens (including phenoxy) is 1. The first-order valence-electron chi connectivity index (χ1n) is 8.86. The predicted molar refractivity (Wildman–Crippen MR) is 105 cm³/mol. The normalized spacial score (nSPS) is 10.3. The summed E-state index contributed by atoms with van der Waals surface area (Å²) in [5.74, 6) is -2.64. The number of amides is 3. The fourth-order valence-corrected chi connectivity index (χ4v) is 2.61. The van der Waals surface area contributed by atoms with Gasteiger partial charge in [0.2, 0.25) is 0 Å². The number of nitrogens with one attached hydrogen (secondary N) is 2. The Morgan fingerprint density at radius 2 is 1.48 bits per heavy atom. The molecule has 0 saturated carbocycles. The Hall–Kier alpha value is -3.74. The van der Waals surface area contributed by atoms with Crippen molar-refractivity contribution in [1.82, 2.24) is 5.32 Å². The second-order valence-corrected chi connectivity index (χ2v) is 6.11. The van der Waals surface area contributed by atoms with Crippen LogP contribution < -0.4 is 15.4 Å². The average Bonchev–Trinajstić information content (AvgIpc) is 2.70. The van der Waals surface area contributed by atoms with E-state index in [4.69, 9.17) is 4.74 Å². The number of halogens is 2. The molecule has 3 amide bonds. The van der Waals surface area contributed by atoms with Gasteiger partial charge in [-0.3, -0.25) is 10.1 Å². The van der Waals surface area contributed by atoms with Gasteiger partial charge in [-0.2, -0.15) is 0 Å². The van der Waals surface area contributed by atoms with Crippen LogP contribution in [0.25, 0.3) is 0 Å². The maximum absolute atomic E-state index is 13.6. The van der Waals surface area contributed by atoms with Gasteiger partial charge >= 0.3 is 6.03 Å². The summed E-state index contributed by atoms with van der Waals surface area (Å²) in [5, 5.41) is 4.31. The van der Waals surface area contributed by atoms with Gasteiger partial charge in [-0.15, -0.1) is 0 Å². The maximum atomic E-state index is 13.6. The summed E-state index contributed by atoms with van der Waals surface area (Å²) in [6.45, 7) is 0.500. The van der Waals surface area contributed by atoms with Gasteiger partial charge in [-0.05, 0) is 42.0 Å². The SMILES string of the molecule is O=C(NC(=O)c1c(F)cccc1F)Nc1ccc(OCCc2ccccc2)cc1. The van der Waals surface area contributed by atoms with Crippen molar-refractivity contribution in [2.75, 3.05) is 11.9 Å². The highest BCUT2D eigenvalue weighted by molar-refractivity contribution is 6.08. The van der Waals surface area contributed by atoms with Gasteiger partial charge in [0.25, 0.3) is 5.91 Å². The third kappa shape index (κ3) is 5.62. The van der Waals surface area contributed by atoms with E-state index in [1.54, 1.807) is 24.3 Å². The average molecular weight is 396 g/mol. The van der Waals surface area contributed by atoms with Crippen LogP contribution in [-0.4, -0.2) is 18.5 Å². The molecule has 29 heavy (non-hydrogen) atoms. The van der Waals surface area contributed by atoms with E-state index in [0.717, 1.165) is 24.6 Å². The Balaban J connectivity index is 1.50. The highest BCUT2D eigenvalue weighted by atomic mass is 19.1. The minimum Gasteiger partial charge on any atom is -0.493 e. The van der Waals surface area contributed by atoms with E-state index < -0.39 is 29.1 Å². The molecule has 3 aromatic carbocycles. The Morgan fingerprint density at radius 1 is 0.828 bits per heavy atom. The van der Waals surface area contributed by atoms with Crippen molar-refractivity contribution in [3.05, 3.63) is 95.6 Å². The topological polar surface area (TPSA) is 67.4 Å². The van der Waals surface area contributed by atoms with Crippen molar-refractivity contribution in [3.63, 3.8) is 0 Å². The summed E-state index contributed by atoms with van der Waals surface area (Å²) in [4.78, 5) is 23.8. The zero-order chi connectivity index (χ0) is 20.6. The van der Waals surface area contributed by atoms with E-state index in [9.17, 15) is 18.4 Å². The molecule has 0 saturated heterocycles. The van der Waals surface area contributed by atoms with Crippen molar-refractivity contribution in [2.24, 2.45) is 0 Å². The van der Waals surface area contributed by atoms with Crippen LogP contribution in [0.15, 0.2) is 72.8 Å². The van der Waals surface area contributed by atoms with Gasteiger partial charge in [0.1, 0.15) is 22.9 Å². The Kier molecular flexibility index (Phi) is 6.52. The lowest BCUT2D eigenvalue weighted by atomic mass is 10.2. The first-order valence-corrected chi connectivity index (χ1v) is 8.86. The molecule has 0 atom stereocenters. The Morgan fingerprint density at radius 3 is 2.14 bits per heavy atom. The van der Waals surface area contributed by atoms with Crippen molar-refractivity contribution >= 4 is 17.6 Å². The number of urea groups is 1. The molecular weight excluding hydrogens is 378 g/mol. The smallest absolute Gasteiger partial charge is 0.326 e. The molecule has 0 heterocycles. The number of carbonyl (C=O) groups is 2. The number of hydrogen-bond donors (Lipinski definition) is 2. The molecule has 0 unspecified atom stereocenters. The van der Waals surface area contributed by atoms with Crippen LogP contribution in [0.5, 0.6) is 5.75 Å². The van der Waals surface area contributed by atoms with E-state index in [1.165, 1.54) is 5.56 Å². The minimum absolute atomic E-state index is 0.389. The third-order valence-electron chi connectivity index (χ3n) is 4.03. The molecule has 0 aliphatic rings. The molecule has 148 valence electrons. The number of hydrogen-bond acceptors (Lipinski definition) is 3. The van der Waals surface area contributed by atoms with E-state index in [-0.39, 0.29) is 0 Å². The van der Waals surface area contributed by atoms with Crippen LogP contribution in [0.1, 0.15) is 15.9 Å². The maximum Gasteiger partial charge on any atom is 0.326 e. The second-order valence-electron chi connectivity index (χ2n) is 6.11. The van der Waals surface area contributed by atoms with Crippen molar-refractivity contribution in [1.29, 1.82) is 0 Å². The van der Waals surface area contributed by atoms with Gasteiger partial charge in [-0.25, -0.2) is 13.6 Å². The fraction of sp³-hybridized carbons (Fsp3) is 0.0909. The predicted octanol–water partition coefficient (Wildman–Crippen LogP) is 4.55. The molecule has 0 aliphatic carbocycles. The lowest BCUT2D eigenvalue weighted by molar-refractivity contribution is 0.0959. The number of rotatable bonds is 6. The van der Waals surface area contributed by atoms with Crippen LogP contribution in [0.4, 0.5) is 19.3 Å². The summed E-state index contributed by atoms with van der Waals surface area (Å²) in [6.07, 6.45) is 0.762. The Labute approximate surface area is 166 Å². The standard InChI is InChI=1S/C22H18F2N2O3/c23-18-7-4-8-19(24)20(18)21(27)26-22(28)25-16-9-11-17(12-10-16)29-14-13-15-5-2-1-3-6-15/h1-12H,13-14H2,(H2,25,26,27,28). The first-order chi connectivity index (χ1) is 14.0. The van der Waals surface area contributed by atoms with Crippen LogP contribution in [0.3, 0.4) is 0 Å². The summed E-state index contributed by atoms with van der Waals surface area (Å²) in [6, 6.07) is 18.5. The van der Waals surface area contributed by atoms with Crippen molar-refractivity contribution in [3.8, 4) is 5.75 Å². The zero-order valence-corrected chi connectivity index (χ0v) is 15.3. The zero-order valence-electron chi connectivity index (χ0n) is 15.3. The summed E-state index contributed by atoms with van der Waals surface area (Å²) in [7, 11) is 0.